The summed E-state index contributed by atoms with van der Waals surface area (Å²) in [6.07, 6.45) is 0. The third-order valence-corrected chi connectivity index (χ3v) is 6.28. The van der Waals surface area contributed by atoms with Gasteiger partial charge in [-0.1, -0.05) is 48.2 Å². The van der Waals surface area contributed by atoms with E-state index in [0.29, 0.717) is 5.84 Å². The van der Waals surface area contributed by atoms with E-state index in [1.165, 1.54) is 5.01 Å². The molecule has 6 rings (SSSR count). The Morgan fingerprint density at radius 3 is 2.61 bits per heavy atom. The van der Waals surface area contributed by atoms with Crippen LogP contribution in [0, 0.1) is 11.3 Å². The van der Waals surface area contributed by atoms with Gasteiger partial charge in [0.05, 0.1) is 15.5 Å². The van der Waals surface area contributed by atoms with E-state index in [2.05, 4.69) is 22.7 Å². The molecule has 0 bridgehead atoms. The van der Waals surface area contributed by atoms with E-state index < -0.39 is 0 Å². The minimum atomic E-state index is 0.166. The molecule has 0 amide bonds. The van der Waals surface area contributed by atoms with Crippen LogP contribution in [0.4, 0.5) is 0 Å². The highest BCUT2D eigenvalue weighted by molar-refractivity contribution is 7.99. The first-order valence-electron chi connectivity index (χ1n) is 9.54. The molecule has 0 fully saturated rings. The van der Waals surface area contributed by atoms with Crippen LogP contribution in [-0.2, 0) is 0 Å². The van der Waals surface area contributed by atoms with Crippen LogP contribution in [0.3, 0.4) is 0 Å². The van der Waals surface area contributed by atoms with Gasteiger partial charge in [0, 0.05) is 16.7 Å². The number of para-hydroxylation sites is 1. The topological polar surface area (TPSA) is 99.0 Å². The molecular formula is C23H14N6OS. The third kappa shape index (κ3) is 2.68. The molecular weight excluding hydrogens is 408 g/mol. The van der Waals surface area contributed by atoms with Gasteiger partial charge < -0.3 is 10.5 Å². The summed E-state index contributed by atoms with van der Waals surface area (Å²) in [6.45, 7) is 0. The van der Waals surface area contributed by atoms with E-state index in [9.17, 15) is 5.26 Å². The zero-order chi connectivity index (χ0) is 20.9. The number of ether oxygens (including phenoxy) is 1. The van der Waals surface area contributed by atoms with E-state index in [-0.39, 0.29) is 11.5 Å². The lowest BCUT2D eigenvalue weighted by molar-refractivity contribution is 0.454. The lowest BCUT2D eigenvalue weighted by Crippen LogP contribution is -2.41. The summed E-state index contributed by atoms with van der Waals surface area (Å²) in [6, 6.07) is 23.9. The second-order valence-electron chi connectivity index (χ2n) is 7.04. The van der Waals surface area contributed by atoms with Crippen LogP contribution in [0.25, 0.3) is 0 Å². The maximum absolute atomic E-state index is 9.64. The highest BCUT2D eigenvalue weighted by Crippen LogP contribution is 2.47. The van der Waals surface area contributed by atoms with Crippen LogP contribution in [0.5, 0.6) is 11.5 Å². The number of hydrazone groups is 2. The molecule has 3 N–H and O–H groups in total. The number of benzene rings is 3. The van der Waals surface area contributed by atoms with Gasteiger partial charge in [-0.2, -0.15) is 20.5 Å². The smallest absolute Gasteiger partial charge is 0.185 e. The average molecular weight is 422 g/mol. The van der Waals surface area contributed by atoms with Gasteiger partial charge in [-0.15, -0.1) is 0 Å². The number of allylic oxidation sites excluding steroid dienone is 1. The highest BCUT2D eigenvalue weighted by Gasteiger charge is 2.32. The van der Waals surface area contributed by atoms with Crippen molar-refractivity contribution in [3.05, 3.63) is 94.9 Å². The first-order valence-corrected chi connectivity index (χ1v) is 10.4. The van der Waals surface area contributed by atoms with Crippen molar-refractivity contribution in [2.24, 2.45) is 15.9 Å². The van der Waals surface area contributed by atoms with Crippen molar-refractivity contribution in [1.29, 1.82) is 5.26 Å². The summed E-state index contributed by atoms with van der Waals surface area (Å²) < 4.78 is 6.06. The summed E-state index contributed by atoms with van der Waals surface area (Å²) in [7, 11) is 0. The Hall–Kier alpha value is -4.22. The molecule has 0 aromatic heterocycles. The molecule has 3 aliphatic rings. The number of fused-ring (bicyclic) bond motifs is 5. The third-order valence-electron chi connectivity index (χ3n) is 5.18. The van der Waals surface area contributed by atoms with Crippen molar-refractivity contribution >= 4 is 23.3 Å². The van der Waals surface area contributed by atoms with Crippen molar-refractivity contribution in [2.75, 3.05) is 0 Å². The Labute approximate surface area is 182 Å². The SMILES string of the molecule is N#CC1=C(N)NN=C2c3ccccc3C(c3ccc4c(c3)Sc3ccccc3O4)=NN21. The molecule has 3 aromatic rings. The van der Waals surface area contributed by atoms with E-state index in [0.717, 1.165) is 43.7 Å². The molecule has 0 radical (unpaired) electrons. The lowest BCUT2D eigenvalue weighted by atomic mass is 9.95. The number of amidine groups is 1. The van der Waals surface area contributed by atoms with E-state index in [1.54, 1.807) is 11.8 Å². The molecule has 0 saturated carbocycles. The first-order chi connectivity index (χ1) is 15.2. The fraction of sp³-hybridized carbons (Fsp3) is 0. The second-order valence-corrected chi connectivity index (χ2v) is 8.12. The number of nitriles is 1. The van der Waals surface area contributed by atoms with Gasteiger partial charge in [0.2, 0.25) is 0 Å². The van der Waals surface area contributed by atoms with Gasteiger partial charge in [-0.05, 0) is 30.3 Å². The fourth-order valence-electron chi connectivity index (χ4n) is 3.74. The molecule has 3 heterocycles. The molecule has 148 valence electrons. The highest BCUT2D eigenvalue weighted by atomic mass is 32.2. The van der Waals surface area contributed by atoms with Crippen LogP contribution < -0.4 is 15.9 Å². The number of hydrogen-bond donors (Lipinski definition) is 2. The molecule has 3 aliphatic heterocycles. The molecule has 0 aliphatic carbocycles. The number of nitrogens with one attached hydrogen (secondary N) is 1. The van der Waals surface area contributed by atoms with Crippen LogP contribution in [-0.4, -0.2) is 16.6 Å². The molecule has 7 nitrogen and oxygen atoms in total. The summed E-state index contributed by atoms with van der Waals surface area (Å²) in [5.74, 6) is 2.37. The van der Waals surface area contributed by atoms with Crippen LogP contribution in [0.2, 0.25) is 0 Å². The maximum Gasteiger partial charge on any atom is 0.185 e. The predicted molar refractivity (Wildman–Crippen MR) is 118 cm³/mol. The van der Waals surface area contributed by atoms with Crippen LogP contribution in [0.1, 0.15) is 16.7 Å². The van der Waals surface area contributed by atoms with Gasteiger partial charge in [0.15, 0.2) is 17.4 Å². The van der Waals surface area contributed by atoms with Gasteiger partial charge in [0.1, 0.15) is 17.6 Å². The van der Waals surface area contributed by atoms with Crippen LogP contribution >= 0.6 is 11.8 Å². The zero-order valence-electron chi connectivity index (χ0n) is 16.0. The molecule has 0 saturated heterocycles. The van der Waals surface area contributed by atoms with E-state index in [1.807, 2.05) is 60.7 Å². The monoisotopic (exact) mass is 422 g/mol. The zero-order valence-corrected chi connectivity index (χ0v) is 16.9. The minimum Gasteiger partial charge on any atom is -0.455 e. The maximum atomic E-state index is 9.64. The van der Waals surface area contributed by atoms with Gasteiger partial charge >= 0.3 is 0 Å². The van der Waals surface area contributed by atoms with Gasteiger partial charge in [-0.3, -0.25) is 5.43 Å². The van der Waals surface area contributed by atoms with Crippen molar-refractivity contribution in [3.8, 4) is 17.6 Å². The normalized spacial score (nSPS) is 15.8. The Morgan fingerprint density at radius 1 is 0.968 bits per heavy atom. The molecule has 3 aromatic carbocycles. The summed E-state index contributed by atoms with van der Waals surface area (Å²) >= 11 is 1.66. The van der Waals surface area contributed by atoms with E-state index >= 15 is 0 Å². The lowest BCUT2D eigenvalue weighted by Gasteiger charge is -2.31. The molecule has 31 heavy (non-hydrogen) atoms. The molecule has 8 heteroatoms. The number of nitrogens with zero attached hydrogens (tertiary/aromatic N) is 4. The van der Waals surface area contributed by atoms with Gasteiger partial charge in [-0.25, -0.2) is 0 Å². The Bertz CT molecular complexity index is 1400. The molecule has 0 atom stereocenters. The van der Waals surface area contributed by atoms with E-state index in [4.69, 9.17) is 15.6 Å². The van der Waals surface area contributed by atoms with Crippen molar-refractivity contribution in [3.63, 3.8) is 0 Å². The fourth-order valence-corrected chi connectivity index (χ4v) is 4.73. The summed E-state index contributed by atoms with van der Waals surface area (Å²) in [5.41, 5.74) is 12.3. The standard InChI is InChI=1S/C23H14N6OS/c24-12-16-22(25)26-27-23-15-6-2-1-5-14(15)21(28-29(16)23)13-9-10-18-20(11-13)31-19-8-4-3-7-17(19)30-18/h1-11,26H,25H2. The summed E-state index contributed by atoms with van der Waals surface area (Å²) in [5, 5.41) is 20.2. The Kier molecular flexibility index (Phi) is 3.78. The Balaban J connectivity index is 1.50. The largest absolute Gasteiger partial charge is 0.455 e. The van der Waals surface area contributed by atoms with Gasteiger partial charge in [0.25, 0.3) is 0 Å². The average Bonchev–Trinajstić information content (AvgIpc) is 2.81. The minimum absolute atomic E-state index is 0.166. The second kappa shape index (κ2) is 6.65. The quantitative estimate of drug-likeness (QED) is 0.482. The summed E-state index contributed by atoms with van der Waals surface area (Å²) in [4.78, 5) is 2.07. The van der Waals surface area contributed by atoms with Crippen LogP contribution in [0.15, 0.2) is 98.2 Å². The number of rotatable bonds is 1. The van der Waals surface area contributed by atoms with Crippen molar-refractivity contribution in [2.45, 2.75) is 9.79 Å². The first kappa shape index (κ1) is 17.6. The Morgan fingerprint density at radius 2 is 1.74 bits per heavy atom. The van der Waals surface area contributed by atoms with Crippen molar-refractivity contribution < 1.29 is 4.74 Å². The molecule has 0 spiro atoms. The molecule has 0 unspecified atom stereocenters. The number of hydrogen-bond acceptors (Lipinski definition) is 8. The predicted octanol–water partition coefficient (Wildman–Crippen LogP) is 3.93. The number of nitrogens with two attached hydrogens (primary N) is 1. The van der Waals surface area contributed by atoms with Crippen molar-refractivity contribution in [1.82, 2.24) is 10.4 Å².